The Bertz CT molecular complexity index is 845. The molecular weight excluding hydrogens is 356 g/mol. The smallest absolute Gasteiger partial charge is 0.224 e. The van der Waals surface area contributed by atoms with Gasteiger partial charge >= 0.3 is 0 Å². The van der Waals surface area contributed by atoms with Crippen molar-refractivity contribution in [3.05, 3.63) is 60.2 Å². The summed E-state index contributed by atoms with van der Waals surface area (Å²) in [5.74, 6) is 2.17. The van der Waals surface area contributed by atoms with Crippen molar-refractivity contribution in [2.24, 2.45) is 0 Å². The molecule has 6 nitrogen and oxygen atoms in total. The molecule has 0 saturated heterocycles. The SMILES string of the molecule is COc1ccccc1-c1cc(CN(Cc2ccco2)C(=O)CCCl)no1. The molecule has 0 radical (unpaired) electrons. The second kappa shape index (κ2) is 8.58. The summed E-state index contributed by atoms with van der Waals surface area (Å²) >= 11 is 5.72. The molecule has 0 unspecified atom stereocenters. The number of carbonyl (C=O) groups is 1. The van der Waals surface area contributed by atoms with E-state index in [4.69, 9.17) is 25.3 Å². The third-order valence-corrected chi connectivity index (χ3v) is 4.06. The summed E-state index contributed by atoms with van der Waals surface area (Å²) < 4.78 is 16.2. The van der Waals surface area contributed by atoms with Gasteiger partial charge in [0, 0.05) is 18.4 Å². The third kappa shape index (κ3) is 4.26. The van der Waals surface area contributed by atoms with Gasteiger partial charge in [0.2, 0.25) is 5.91 Å². The van der Waals surface area contributed by atoms with Crippen LogP contribution >= 0.6 is 11.6 Å². The Morgan fingerprint density at radius 2 is 2.08 bits per heavy atom. The maximum atomic E-state index is 12.4. The van der Waals surface area contributed by atoms with Gasteiger partial charge in [-0.25, -0.2) is 0 Å². The van der Waals surface area contributed by atoms with Crippen LogP contribution in [0.5, 0.6) is 5.75 Å². The molecule has 0 aliphatic heterocycles. The molecule has 0 aliphatic rings. The van der Waals surface area contributed by atoms with Crippen molar-refractivity contribution in [2.75, 3.05) is 13.0 Å². The maximum Gasteiger partial charge on any atom is 0.224 e. The Hall–Kier alpha value is -2.73. The van der Waals surface area contributed by atoms with Crippen LogP contribution in [0.4, 0.5) is 0 Å². The molecule has 1 aromatic carbocycles. The summed E-state index contributed by atoms with van der Waals surface area (Å²) in [5.41, 5.74) is 1.44. The van der Waals surface area contributed by atoms with Gasteiger partial charge in [-0.05, 0) is 24.3 Å². The molecule has 0 atom stereocenters. The Morgan fingerprint density at radius 1 is 1.23 bits per heavy atom. The highest BCUT2D eigenvalue weighted by Crippen LogP contribution is 2.30. The van der Waals surface area contributed by atoms with Crippen molar-refractivity contribution in [2.45, 2.75) is 19.5 Å². The predicted octanol–water partition coefficient (Wildman–Crippen LogP) is 4.10. The highest BCUT2D eigenvalue weighted by Gasteiger charge is 2.18. The highest BCUT2D eigenvalue weighted by molar-refractivity contribution is 6.18. The zero-order chi connectivity index (χ0) is 18.4. The molecule has 0 bridgehead atoms. The zero-order valence-corrected chi connectivity index (χ0v) is 15.1. The van der Waals surface area contributed by atoms with Gasteiger partial charge in [-0.15, -0.1) is 11.6 Å². The van der Waals surface area contributed by atoms with E-state index < -0.39 is 0 Å². The Kier molecular flexibility index (Phi) is 5.96. The van der Waals surface area contributed by atoms with Crippen molar-refractivity contribution in [3.8, 4) is 17.1 Å². The number of methoxy groups -OCH3 is 1. The molecule has 2 aromatic heterocycles. The van der Waals surface area contributed by atoms with Gasteiger partial charge in [-0.3, -0.25) is 4.79 Å². The summed E-state index contributed by atoms with van der Waals surface area (Å²) in [6, 6.07) is 12.9. The van der Waals surface area contributed by atoms with Crippen LogP contribution in [0.15, 0.2) is 57.7 Å². The molecule has 7 heteroatoms. The fraction of sp³-hybridized carbons (Fsp3) is 0.263. The number of benzene rings is 1. The predicted molar refractivity (Wildman–Crippen MR) is 96.8 cm³/mol. The molecule has 0 spiro atoms. The van der Waals surface area contributed by atoms with E-state index in [2.05, 4.69) is 5.16 Å². The van der Waals surface area contributed by atoms with Crippen LogP contribution in [-0.4, -0.2) is 29.0 Å². The van der Waals surface area contributed by atoms with Gasteiger partial charge in [0.1, 0.15) is 17.2 Å². The van der Waals surface area contributed by atoms with Gasteiger partial charge in [-0.2, -0.15) is 0 Å². The molecule has 3 rings (SSSR count). The van der Waals surface area contributed by atoms with Gasteiger partial charge in [-0.1, -0.05) is 17.3 Å². The number of halogens is 1. The molecule has 3 aromatic rings. The number of hydrogen-bond donors (Lipinski definition) is 0. The average Bonchev–Trinajstić information content (AvgIpc) is 3.33. The second-order valence-corrected chi connectivity index (χ2v) is 6.03. The Labute approximate surface area is 156 Å². The lowest BCUT2D eigenvalue weighted by molar-refractivity contribution is -0.132. The van der Waals surface area contributed by atoms with Crippen molar-refractivity contribution in [1.29, 1.82) is 0 Å². The van der Waals surface area contributed by atoms with Crippen LogP contribution in [0.1, 0.15) is 17.9 Å². The van der Waals surface area contributed by atoms with Crippen LogP contribution in [-0.2, 0) is 17.9 Å². The summed E-state index contributed by atoms with van der Waals surface area (Å²) in [7, 11) is 1.60. The van der Waals surface area contributed by atoms with Crippen molar-refractivity contribution < 1.29 is 18.5 Å². The first-order chi connectivity index (χ1) is 12.7. The number of nitrogens with zero attached hydrogens (tertiary/aromatic N) is 2. The number of rotatable bonds is 8. The number of aromatic nitrogens is 1. The van der Waals surface area contributed by atoms with Crippen LogP contribution in [0.25, 0.3) is 11.3 Å². The van der Waals surface area contributed by atoms with E-state index in [9.17, 15) is 4.79 Å². The normalized spacial score (nSPS) is 10.7. The van der Waals surface area contributed by atoms with Crippen LogP contribution in [0, 0.1) is 0 Å². The lowest BCUT2D eigenvalue weighted by atomic mass is 10.1. The van der Waals surface area contributed by atoms with Gasteiger partial charge in [0.05, 0.1) is 32.0 Å². The topological polar surface area (TPSA) is 68.7 Å². The molecule has 0 saturated carbocycles. The fourth-order valence-electron chi connectivity index (χ4n) is 2.62. The number of para-hydroxylation sites is 1. The van der Waals surface area contributed by atoms with E-state index in [1.54, 1.807) is 30.4 Å². The number of carbonyl (C=O) groups excluding carboxylic acids is 1. The van der Waals surface area contributed by atoms with E-state index in [0.29, 0.717) is 36.1 Å². The molecule has 0 aliphatic carbocycles. The van der Waals surface area contributed by atoms with Crippen molar-refractivity contribution in [3.63, 3.8) is 0 Å². The van der Waals surface area contributed by atoms with Gasteiger partial charge in [0.15, 0.2) is 5.76 Å². The minimum Gasteiger partial charge on any atom is -0.496 e. The molecule has 0 fully saturated rings. The first kappa shape index (κ1) is 18.1. The number of furan rings is 1. The third-order valence-electron chi connectivity index (χ3n) is 3.87. The van der Waals surface area contributed by atoms with Crippen molar-refractivity contribution in [1.82, 2.24) is 10.1 Å². The molecule has 136 valence electrons. The van der Waals surface area contributed by atoms with E-state index in [1.165, 1.54) is 0 Å². The Balaban J connectivity index is 1.79. The first-order valence-electron chi connectivity index (χ1n) is 8.16. The quantitative estimate of drug-likeness (QED) is 0.555. The van der Waals surface area contributed by atoms with Gasteiger partial charge < -0.3 is 18.6 Å². The van der Waals surface area contributed by atoms with Crippen LogP contribution < -0.4 is 4.74 Å². The average molecular weight is 375 g/mol. The number of hydrogen-bond acceptors (Lipinski definition) is 5. The Morgan fingerprint density at radius 3 is 2.81 bits per heavy atom. The zero-order valence-electron chi connectivity index (χ0n) is 14.4. The standard InChI is InChI=1S/C19H19ClN2O4/c1-24-17-7-3-2-6-16(17)18-11-14(21-26-18)12-22(19(23)8-9-20)13-15-5-4-10-25-15/h2-7,10-11H,8-9,12-13H2,1H3. The minimum atomic E-state index is -0.0711. The van der Waals surface area contributed by atoms with E-state index in [0.717, 1.165) is 5.56 Å². The van der Waals surface area contributed by atoms with E-state index in [1.807, 2.05) is 30.3 Å². The monoisotopic (exact) mass is 374 g/mol. The molecule has 26 heavy (non-hydrogen) atoms. The van der Waals surface area contributed by atoms with E-state index >= 15 is 0 Å². The number of alkyl halides is 1. The second-order valence-electron chi connectivity index (χ2n) is 5.65. The lowest BCUT2D eigenvalue weighted by Crippen LogP contribution is -2.30. The largest absolute Gasteiger partial charge is 0.496 e. The number of ether oxygens (including phenoxy) is 1. The minimum absolute atomic E-state index is 0.0711. The summed E-state index contributed by atoms with van der Waals surface area (Å²) in [6.45, 7) is 0.647. The van der Waals surface area contributed by atoms with Crippen LogP contribution in [0.2, 0.25) is 0 Å². The first-order valence-corrected chi connectivity index (χ1v) is 8.70. The lowest BCUT2D eigenvalue weighted by Gasteiger charge is -2.20. The molecule has 2 heterocycles. The van der Waals surface area contributed by atoms with Gasteiger partial charge in [0.25, 0.3) is 0 Å². The molecule has 1 amide bonds. The highest BCUT2D eigenvalue weighted by atomic mass is 35.5. The summed E-state index contributed by atoms with van der Waals surface area (Å²) in [4.78, 5) is 14.0. The number of amides is 1. The van der Waals surface area contributed by atoms with Crippen molar-refractivity contribution >= 4 is 17.5 Å². The van der Waals surface area contributed by atoms with Crippen LogP contribution in [0.3, 0.4) is 0 Å². The van der Waals surface area contributed by atoms with E-state index in [-0.39, 0.29) is 18.2 Å². The molecular formula is C19H19ClN2O4. The fourth-order valence-corrected chi connectivity index (χ4v) is 2.78. The summed E-state index contributed by atoms with van der Waals surface area (Å²) in [5, 5.41) is 4.09. The summed E-state index contributed by atoms with van der Waals surface area (Å²) in [6.07, 6.45) is 1.83. The maximum absolute atomic E-state index is 12.4. The molecule has 0 N–H and O–H groups in total.